The van der Waals surface area contributed by atoms with E-state index in [1.165, 1.54) is 7.11 Å². The highest BCUT2D eigenvalue weighted by Gasteiger charge is 2.22. The minimum Gasteiger partial charge on any atom is -0.453 e. The van der Waals surface area contributed by atoms with Gasteiger partial charge in [0.15, 0.2) is 0 Å². The number of alkyl carbamates (subject to hydrolysis) is 1. The van der Waals surface area contributed by atoms with E-state index in [1.807, 2.05) is 10.7 Å². The summed E-state index contributed by atoms with van der Waals surface area (Å²) >= 11 is 0. The van der Waals surface area contributed by atoms with Crippen molar-refractivity contribution in [2.75, 3.05) is 27.7 Å². The van der Waals surface area contributed by atoms with E-state index in [0.29, 0.717) is 18.8 Å². The molecule has 4 amide bonds. The van der Waals surface area contributed by atoms with Crippen molar-refractivity contribution in [2.45, 2.75) is 39.0 Å². The van der Waals surface area contributed by atoms with E-state index >= 15 is 0 Å². The van der Waals surface area contributed by atoms with Gasteiger partial charge in [-0.25, -0.2) is 9.59 Å². The molecule has 0 saturated carbocycles. The number of nitrogens with zero attached hydrogens (tertiary/aromatic N) is 4. The van der Waals surface area contributed by atoms with Crippen molar-refractivity contribution in [3.8, 4) is 0 Å². The number of aryl methyl sites for hydroxylation is 1. The minimum absolute atomic E-state index is 0.0304. The van der Waals surface area contributed by atoms with Gasteiger partial charge in [-0.1, -0.05) is 0 Å². The predicted molar refractivity (Wildman–Crippen MR) is 93.2 cm³/mol. The zero-order chi connectivity index (χ0) is 19.3. The number of methoxy groups -OCH3 is 1. The Hall–Kier alpha value is -2.78. The Labute approximate surface area is 152 Å². The molecule has 1 aliphatic rings. The van der Waals surface area contributed by atoms with E-state index in [4.69, 9.17) is 0 Å². The van der Waals surface area contributed by atoms with Gasteiger partial charge in [0.05, 0.1) is 31.6 Å². The maximum absolute atomic E-state index is 12.2. The third-order valence-corrected chi connectivity index (χ3v) is 4.07. The number of ether oxygens (including phenoxy) is 1. The second kappa shape index (κ2) is 8.54. The third kappa shape index (κ3) is 4.87. The number of aromatic nitrogens is 2. The van der Waals surface area contributed by atoms with Crippen LogP contribution in [-0.2, 0) is 29.2 Å². The Bertz CT molecular complexity index is 672. The van der Waals surface area contributed by atoms with Crippen molar-refractivity contribution in [3.63, 3.8) is 0 Å². The van der Waals surface area contributed by atoms with E-state index in [2.05, 4.69) is 20.5 Å². The average molecular weight is 366 g/mol. The molecule has 2 N–H and O–H groups in total. The van der Waals surface area contributed by atoms with Gasteiger partial charge in [-0.3, -0.25) is 9.48 Å². The molecule has 1 aliphatic heterocycles. The molecule has 0 bridgehead atoms. The molecular formula is C16H26N6O4. The van der Waals surface area contributed by atoms with E-state index in [1.54, 1.807) is 30.8 Å². The van der Waals surface area contributed by atoms with E-state index < -0.39 is 12.1 Å². The molecule has 0 saturated heterocycles. The van der Waals surface area contributed by atoms with Gasteiger partial charge in [0.1, 0.15) is 6.04 Å². The summed E-state index contributed by atoms with van der Waals surface area (Å²) in [6, 6.07) is 1.15. The van der Waals surface area contributed by atoms with Crippen LogP contribution < -0.4 is 10.6 Å². The summed E-state index contributed by atoms with van der Waals surface area (Å²) in [5, 5.41) is 9.63. The summed E-state index contributed by atoms with van der Waals surface area (Å²) in [7, 11) is 4.70. The van der Waals surface area contributed by atoms with Crippen molar-refractivity contribution < 1.29 is 19.1 Å². The highest BCUT2D eigenvalue weighted by molar-refractivity contribution is 5.85. The molecule has 0 unspecified atom stereocenters. The Morgan fingerprint density at radius 3 is 2.73 bits per heavy atom. The maximum Gasteiger partial charge on any atom is 0.407 e. The monoisotopic (exact) mass is 366 g/mol. The zero-order valence-corrected chi connectivity index (χ0v) is 15.6. The standard InChI is InChI=1S/C16H26N6O4/c1-11(18-15(24)26-4)14(23)17-9-12-8-13-10-21(16(25)20(2)3)6-5-7-22(13)19-12/h8,11H,5-7,9-10H2,1-4H3,(H,17,23)(H,18,24)/t11-/m0/s1. The fraction of sp³-hybridized carbons (Fsp3) is 0.625. The second-order valence-corrected chi connectivity index (χ2v) is 6.38. The molecule has 144 valence electrons. The minimum atomic E-state index is -0.712. The van der Waals surface area contributed by atoms with Crippen LogP contribution in [0.4, 0.5) is 9.59 Å². The van der Waals surface area contributed by atoms with Gasteiger partial charge in [-0.2, -0.15) is 5.10 Å². The first-order valence-corrected chi connectivity index (χ1v) is 8.45. The first-order valence-electron chi connectivity index (χ1n) is 8.45. The second-order valence-electron chi connectivity index (χ2n) is 6.38. The fourth-order valence-electron chi connectivity index (χ4n) is 2.69. The number of hydrogen-bond donors (Lipinski definition) is 2. The van der Waals surface area contributed by atoms with Crippen molar-refractivity contribution in [1.82, 2.24) is 30.2 Å². The van der Waals surface area contributed by atoms with Crippen LogP contribution in [0.3, 0.4) is 0 Å². The number of urea groups is 1. The number of carbonyl (C=O) groups is 3. The summed E-state index contributed by atoms with van der Waals surface area (Å²) in [4.78, 5) is 38.7. The third-order valence-electron chi connectivity index (χ3n) is 4.07. The van der Waals surface area contributed by atoms with Crippen molar-refractivity contribution in [3.05, 3.63) is 17.5 Å². The van der Waals surface area contributed by atoms with Gasteiger partial charge in [-0.15, -0.1) is 0 Å². The Morgan fingerprint density at radius 1 is 1.35 bits per heavy atom. The van der Waals surface area contributed by atoms with Crippen LogP contribution in [0.5, 0.6) is 0 Å². The summed E-state index contributed by atoms with van der Waals surface area (Å²) in [5.74, 6) is -0.331. The quantitative estimate of drug-likeness (QED) is 0.787. The van der Waals surface area contributed by atoms with Crippen molar-refractivity contribution >= 4 is 18.0 Å². The maximum atomic E-state index is 12.2. The van der Waals surface area contributed by atoms with Crippen molar-refractivity contribution in [1.29, 1.82) is 0 Å². The van der Waals surface area contributed by atoms with Gasteiger partial charge >= 0.3 is 12.1 Å². The molecule has 1 aromatic rings. The van der Waals surface area contributed by atoms with Gasteiger partial charge < -0.3 is 25.2 Å². The molecule has 1 aromatic heterocycles. The first-order chi connectivity index (χ1) is 12.3. The van der Waals surface area contributed by atoms with Crippen LogP contribution in [0, 0.1) is 0 Å². The molecule has 0 radical (unpaired) electrons. The number of fused-ring (bicyclic) bond motifs is 1. The topological polar surface area (TPSA) is 109 Å². The summed E-state index contributed by atoms with van der Waals surface area (Å²) in [6.45, 7) is 3.70. The SMILES string of the molecule is COC(=O)N[C@@H](C)C(=O)NCc1cc2n(n1)CCCN(C(=O)N(C)C)C2. The molecule has 0 aromatic carbocycles. The molecular weight excluding hydrogens is 340 g/mol. The number of carbonyl (C=O) groups excluding carboxylic acids is 3. The van der Waals surface area contributed by atoms with Crippen LogP contribution in [-0.4, -0.2) is 71.4 Å². The van der Waals surface area contributed by atoms with Gasteiger partial charge in [0, 0.05) is 27.2 Å². The predicted octanol–water partition coefficient (Wildman–Crippen LogP) is 0.131. The molecule has 0 spiro atoms. The molecule has 26 heavy (non-hydrogen) atoms. The molecule has 10 heteroatoms. The van der Waals surface area contributed by atoms with E-state index in [0.717, 1.165) is 18.7 Å². The summed E-state index contributed by atoms with van der Waals surface area (Å²) in [5.41, 5.74) is 1.64. The van der Waals surface area contributed by atoms with Crippen molar-refractivity contribution in [2.24, 2.45) is 0 Å². The van der Waals surface area contributed by atoms with Crippen LogP contribution in [0.2, 0.25) is 0 Å². The molecule has 10 nitrogen and oxygen atoms in total. The smallest absolute Gasteiger partial charge is 0.407 e. The average Bonchev–Trinajstić information content (AvgIpc) is 2.88. The lowest BCUT2D eigenvalue weighted by molar-refractivity contribution is -0.122. The number of nitrogens with one attached hydrogen (secondary N) is 2. The number of amides is 4. The van der Waals surface area contributed by atoms with Gasteiger partial charge in [0.2, 0.25) is 5.91 Å². The van der Waals surface area contributed by atoms with Crippen LogP contribution in [0.25, 0.3) is 0 Å². The molecule has 0 fully saturated rings. The fourth-order valence-corrected chi connectivity index (χ4v) is 2.69. The zero-order valence-electron chi connectivity index (χ0n) is 15.6. The Balaban J connectivity index is 1.95. The lowest BCUT2D eigenvalue weighted by atomic mass is 10.3. The largest absolute Gasteiger partial charge is 0.453 e. The number of rotatable bonds is 4. The molecule has 2 heterocycles. The highest BCUT2D eigenvalue weighted by atomic mass is 16.5. The van der Waals surface area contributed by atoms with E-state index in [-0.39, 0.29) is 18.5 Å². The first kappa shape index (κ1) is 19.5. The van der Waals surface area contributed by atoms with Gasteiger partial charge in [0.25, 0.3) is 0 Å². The lowest BCUT2D eigenvalue weighted by Gasteiger charge is -2.23. The van der Waals surface area contributed by atoms with E-state index in [9.17, 15) is 14.4 Å². The number of hydrogen-bond acceptors (Lipinski definition) is 5. The molecule has 0 aliphatic carbocycles. The van der Waals surface area contributed by atoms with Crippen LogP contribution in [0.15, 0.2) is 6.07 Å². The Morgan fingerprint density at radius 2 is 2.08 bits per heavy atom. The van der Waals surface area contributed by atoms with Crippen LogP contribution in [0.1, 0.15) is 24.7 Å². The summed E-state index contributed by atoms with van der Waals surface area (Å²) < 4.78 is 6.34. The summed E-state index contributed by atoms with van der Waals surface area (Å²) in [6.07, 6.45) is 0.159. The Kier molecular flexibility index (Phi) is 6.42. The van der Waals surface area contributed by atoms with Gasteiger partial charge in [-0.05, 0) is 19.4 Å². The normalized spacial score (nSPS) is 14.7. The highest BCUT2D eigenvalue weighted by Crippen LogP contribution is 2.15. The lowest BCUT2D eigenvalue weighted by Crippen LogP contribution is -2.44. The molecule has 1 atom stereocenters. The van der Waals surface area contributed by atoms with Crippen LogP contribution >= 0.6 is 0 Å². The molecule has 2 rings (SSSR count).